The Morgan fingerprint density at radius 2 is 1.43 bits per heavy atom. The van der Waals surface area contributed by atoms with Crippen LogP contribution in [0.5, 0.6) is 0 Å². The van der Waals surface area contributed by atoms with E-state index >= 15 is 0 Å². The van der Waals surface area contributed by atoms with Crippen molar-refractivity contribution in [2.24, 2.45) is 0 Å². The molecule has 0 fully saturated rings. The first-order valence-electron chi connectivity index (χ1n) is 8.37. The zero-order valence-electron chi connectivity index (χ0n) is 14.4. The van der Waals surface area contributed by atoms with Crippen molar-refractivity contribution in [2.75, 3.05) is 0 Å². The highest BCUT2D eigenvalue weighted by Crippen LogP contribution is 2.22. The first-order valence-corrected chi connectivity index (χ1v) is 8.37. The Kier molecular flexibility index (Phi) is 4.29. The third-order valence-corrected chi connectivity index (χ3v) is 4.16. The number of nitrogens with zero attached hydrogens (tertiary/aromatic N) is 3. The van der Waals surface area contributed by atoms with E-state index in [1.54, 1.807) is 18.2 Å². The molecule has 1 aromatic heterocycles. The van der Waals surface area contributed by atoms with Crippen molar-refractivity contribution in [3.63, 3.8) is 0 Å². The quantitative estimate of drug-likeness (QED) is 0.643. The average Bonchev–Trinajstić information content (AvgIpc) is 2.95. The molecule has 0 aliphatic carbocycles. The number of hydroxylamine groups is 2. The Balaban J connectivity index is 1.53. The van der Waals surface area contributed by atoms with Crippen molar-refractivity contribution in [1.29, 1.82) is 0 Å². The smallest absolute Gasteiger partial charge is 0.328 e. The summed E-state index contributed by atoms with van der Waals surface area (Å²) in [6, 6.07) is 18.1. The Morgan fingerprint density at radius 3 is 2.07 bits per heavy atom. The third kappa shape index (κ3) is 3.07. The van der Waals surface area contributed by atoms with Gasteiger partial charge in [0.05, 0.1) is 16.8 Å². The van der Waals surface area contributed by atoms with Crippen LogP contribution in [0.2, 0.25) is 0 Å². The van der Waals surface area contributed by atoms with Crippen molar-refractivity contribution in [3.8, 4) is 11.3 Å². The molecule has 2 amide bonds. The molecular formula is C20H13N3O5. The lowest BCUT2D eigenvalue weighted by molar-refractivity contribution is -0.169. The fourth-order valence-corrected chi connectivity index (χ4v) is 2.83. The maximum Gasteiger partial charge on any atom is 0.354 e. The van der Waals surface area contributed by atoms with Crippen LogP contribution >= 0.6 is 0 Å². The molecule has 1 aliphatic heterocycles. The minimum absolute atomic E-state index is 0.154. The van der Waals surface area contributed by atoms with E-state index in [-0.39, 0.29) is 11.1 Å². The predicted octanol–water partition coefficient (Wildman–Crippen LogP) is 1.66. The van der Waals surface area contributed by atoms with Crippen LogP contribution in [0.15, 0.2) is 71.5 Å². The summed E-state index contributed by atoms with van der Waals surface area (Å²) in [5.41, 5.74) is 1.06. The number of fused-ring (bicyclic) bond motifs is 1. The van der Waals surface area contributed by atoms with Crippen LogP contribution in [0, 0.1) is 0 Å². The zero-order valence-corrected chi connectivity index (χ0v) is 14.4. The molecule has 0 saturated heterocycles. The zero-order chi connectivity index (χ0) is 19.7. The van der Waals surface area contributed by atoms with Crippen molar-refractivity contribution >= 4 is 17.8 Å². The van der Waals surface area contributed by atoms with Gasteiger partial charge in [0.15, 0.2) is 0 Å². The third-order valence-electron chi connectivity index (χ3n) is 4.16. The molecular weight excluding hydrogens is 362 g/mol. The molecule has 2 heterocycles. The molecule has 8 heteroatoms. The van der Waals surface area contributed by atoms with E-state index in [9.17, 15) is 19.2 Å². The first kappa shape index (κ1) is 17.3. The number of amides is 2. The van der Waals surface area contributed by atoms with Gasteiger partial charge in [-0.2, -0.15) is 5.10 Å². The van der Waals surface area contributed by atoms with Crippen molar-refractivity contribution in [3.05, 3.63) is 88.2 Å². The molecule has 8 nitrogen and oxygen atoms in total. The van der Waals surface area contributed by atoms with Crippen LogP contribution < -0.4 is 5.56 Å². The van der Waals surface area contributed by atoms with E-state index in [1.807, 2.05) is 30.3 Å². The van der Waals surface area contributed by atoms with Crippen LogP contribution in [-0.2, 0) is 16.2 Å². The molecule has 138 valence electrons. The standard InChI is InChI=1S/C20H13N3O5/c24-17-11-10-16(13-6-2-1-3-7-13)21-22(17)12-18(25)28-23-19(26)14-8-4-5-9-15(14)20(23)27/h1-11H,12H2. The highest BCUT2D eigenvalue weighted by Gasteiger charge is 2.38. The Bertz CT molecular complexity index is 1120. The normalized spacial score (nSPS) is 12.8. The van der Waals surface area contributed by atoms with Gasteiger partial charge < -0.3 is 4.84 Å². The number of imide groups is 1. The van der Waals surface area contributed by atoms with Gasteiger partial charge in [0, 0.05) is 11.6 Å². The highest BCUT2D eigenvalue weighted by atomic mass is 16.7. The second-order valence-electron chi connectivity index (χ2n) is 5.99. The lowest BCUT2D eigenvalue weighted by Gasteiger charge is -2.13. The number of hydrogen-bond donors (Lipinski definition) is 0. The second-order valence-corrected chi connectivity index (χ2v) is 5.99. The summed E-state index contributed by atoms with van der Waals surface area (Å²) in [6.07, 6.45) is 0. The minimum atomic E-state index is -0.964. The number of carbonyl (C=O) groups excluding carboxylic acids is 3. The number of benzene rings is 2. The lowest BCUT2D eigenvalue weighted by Crippen LogP contribution is -2.36. The van der Waals surface area contributed by atoms with Gasteiger partial charge in [0.25, 0.3) is 17.4 Å². The second kappa shape index (κ2) is 6.92. The predicted molar refractivity (Wildman–Crippen MR) is 97.0 cm³/mol. The number of rotatable bonds is 4. The van der Waals surface area contributed by atoms with E-state index < -0.39 is 29.9 Å². The van der Waals surface area contributed by atoms with Gasteiger partial charge in [0.2, 0.25) is 0 Å². The fraction of sp³-hybridized carbons (Fsp3) is 0.0500. The van der Waals surface area contributed by atoms with E-state index in [0.29, 0.717) is 10.8 Å². The fourth-order valence-electron chi connectivity index (χ4n) is 2.83. The van der Waals surface area contributed by atoms with Crippen LogP contribution in [-0.4, -0.2) is 32.6 Å². The highest BCUT2D eigenvalue weighted by molar-refractivity contribution is 6.20. The van der Waals surface area contributed by atoms with Gasteiger partial charge in [0.1, 0.15) is 6.54 Å². The van der Waals surface area contributed by atoms with Gasteiger partial charge in [-0.25, -0.2) is 9.48 Å². The first-order chi connectivity index (χ1) is 13.5. The van der Waals surface area contributed by atoms with Gasteiger partial charge in [-0.05, 0) is 18.2 Å². The molecule has 0 unspecified atom stereocenters. The van der Waals surface area contributed by atoms with Gasteiger partial charge in [-0.3, -0.25) is 14.4 Å². The topological polar surface area (TPSA) is 98.6 Å². The summed E-state index contributed by atoms with van der Waals surface area (Å²) < 4.78 is 0.919. The molecule has 0 N–H and O–H groups in total. The summed E-state index contributed by atoms with van der Waals surface area (Å²) in [5.74, 6) is -2.42. The summed E-state index contributed by atoms with van der Waals surface area (Å²) in [4.78, 5) is 53.7. The van der Waals surface area contributed by atoms with Gasteiger partial charge in [-0.1, -0.05) is 47.5 Å². The van der Waals surface area contributed by atoms with Gasteiger partial charge >= 0.3 is 5.97 Å². The average molecular weight is 375 g/mol. The van der Waals surface area contributed by atoms with E-state index in [0.717, 1.165) is 10.2 Å². The van der Waals surface area contributed by atoms with Crippen molar-refractivity contribution in [1.82, 2.24) is 14.8 Å². The molecule has 0 bridgehead atoms. The van der Waals surface area contributed by atoms with Crippen LogP contribution in [0.25, 0.3) is 11.3 Å². The Morgan fingerprint density at radius 1 is 0.821 bits per heavy atom. The summed E-state index contributed by atoms with van der Waals surface area (Å²) >= 11 is 0. The number of carbonyl (C=O) groups is 3. The molecule has 0 saturated carbocycles. The SMILES string of the molecule is O=C(Cn1nc(-c2ccccc2)ccc1=O)ON1C(=O)c2ccccc2C1=O. The lowest BCUT2D eigenvalue weighted by atomic mass is 10.1. The minimum Gasteiger partial charge on any atom is -0.328 e. The molecule has 0 atom stereocenters. The molecule has 1 aliphatic rings. The van der Waals surface area contributed by atoms with E-state index in [4.69, 9.17) is 4.84 Å². The monoisotopic (exact) mass is 375 g/mol. The van der Waals surface area contributed by atoms with Crippen molar-refractivity contribution < 1.29 is 19.2 Å². The number of hydrogen-bond acceptors (Lipinski definition) is 6. The largest absolute Gasteiger partial charge is 0.354 e. The Labute approximate surface area is 158 Å². The molecule has 0 spiro atoms. The van der Waals surface area contributed by atoms with E-state index in [1.165, 1.54) is 18.2 Å². The summed E-state index contributed by atoms with van der Waals surface area (Å²) in [7, 11) is 0. The molecule has 3 aromatic rings. The molecule has 2 aromatic carbocycles. The van der Waals surface area contributed by atoms with E-state index in [2.05, 4.69) is 5.10 Å². The van der Waals surface area contributed by atoms with Crippen molar-refractivity contribution in [2.45, 2.75) is 6.54 Å². The maximum absolute atomic E-state index is 12.2. The molecule has 0 radical (unpaired) electrons. The summed E-state index contributed by atoms with van der Waals surface area (Å²) in [6.45, 7) is -0.549. The summed E-state index contributed by atoms with van der Waals surface area (Å²) in [5, 5.41) is 4.55. The van der Waals surface area contributed by atoms with Gasteiger partial charge in [-0.15, -0.1) is 0 Å². The maximum atomic E-state index is 12.2. The number of aromatic nitrogens is 2. The molecule has 4 rings (SSSR count). The Hall–Kier alpha value is -4.07. The van der Waals surface area contributed by atoms with Crippen LogP contribution in [0.1, 0.15) is 20.7 Å². The van der Waals surface area contributed by atoms with Crippen LogP contribution in [0.4, 0.5) is 0 Å². The van der Waals surface area contributed by atoms with Crippen LogP contribution in [0.3, 0.4) is 0 Å². The molecule has 28 heavy (non-hydrogen) atoms.